The fourth-order valence-electron chi connectivity index (χ4n) is 0.762. The average Bonchev–Trinajstić information content (AvgIpc) is 2.20. The highest BCUT2D eigenvalue weighted by atomic mass is 16.5. The van der Waals surface area contributed by atoms with E-state index in [2.05, 4.69) is 6.92 Å². The Labute approximate surface area is 80.2 Å². The maximum absolute atomic E-state index is 8.93. The summed E-state index contributed by atoms with van der Waals surface area (Å²) in [6.45, 7) is 6.78. The summed E-state index contributed by atoms with van der Waals surface area (Å²) in [5.41, 5.74) is 0. The number of benzene rings is 1. The fraction of sp³-hybridized carbons (Fsp3) is 0.455. The van der Waals surface area contributed by atoms with Gasteiger partial charge in [-0.2, -0.15) is 0 Å². The van der Waals surface area contributed by atoms with Gasteiger partial charge >= 0.3 is 0 Å². The molecule has 0 radical (unpaired) electrons. The predicted octanol–water partition coefficient (Wildman–Crippen LogP) is 3.21. The molecule has 0 atom stereocenters. The first kappa shape index (κ1) is 11.8. The van der Waals surface area contributed by atoms with Crippen LogP contribution in [0.2, 0.25) is 0 Å². The molecule has 1 aromatic rings. The quantitative estimate of drug-likeness (QED) is 0.777. The van der Waals surface area contributed by atoms with Crippen molar-refractivity contribution in [1.82, 2.24) is 0 Å². The minimum Gasteiger partial charge on any atom is -0.508 e. The second-order valence-electron chi connectivity index (χ2n) is 2.34. The van der Waals surface area contributed by atoms with Crippen LogP contribution in [0.4, 0.5) is 0 Å². The fourth-order valence-corrected chi connectivity index (χ4v) is 0.762. The molecule has 1 N–H and O–H groups in total. The number of phenolic OH excluding ortho intramolecular Hbond substituents is 1. The average molecular weight is 182 g/mol. The number of rotatable bonds is 3. The van der Waals surface area contributed by atoms with Crippen molar-refractivity contribution in [1.29, 1.82) is 0 Å². The third kappa shape index (κ3) is 5.12. The van der Waals surface area contributed by atoms with E-state index in [1.807, 2.05) is 13.8 Å². The summed E-state index contributed by atoms with van der Waals surface area (Å²) < 4.78 is 5.30. The molecule has 13 heavy (non-hydrogen) atoms. The second kappa shape index (κ2) is 7.47. The Morgan fingerprint density at radius 1 is 1.15 bits per heavy atom. The lowest BCUT2D eigenvalue weighted by Crippen LogP contribution is -1.93. The molecule has 2 nitrogen and oxygen atoms in total. The van der Waals surface area contributed by atoms with Gasteiger partial charge in [0, 0.05) is 0 Å². The third-order valence-electron chi connectivity index (χ3n) is 1.31. The van der Waals surface area contributed by atoms with Crippen molar-refractivity contribution in [3.05, 3.63) is 24.3 Å². The zero-order valence-electron chi connectivity index (χ0n) is 8.58. The van der Waals surface area contributed by atoms with E-state index in [-0.39, 0.29) is 5.75 Å². The Hall–Kier alpha value is -1.18. The first-order valence-electron chi connectivity index (χ1n) is 4.74. The summed E-state index contributed by atoms with van der Waals surface area (Å²) in [6.07, 6.45) is 1.00. The summed E-state index contributed by atoms with van der Waals surface area (Å²) in [5, 5.41) is 8.93. The van der Waals surface area contributed by atoms with E-state index in [1.165, 1.54) is 0 Å². The molecule has 0 spiro atoms. The molecular formula is C11H18O2. The normalized spacial score (nSPS) is 8.54. The Balaban J connectivity index is 0.000000671. The highest BCUT2D eigenvalue weighted by Crippen LogP contribution is 2.15. The summed E-state index contributed by atoms with van der Waals surface area (Å²) in [4.78, 5) is 0. The molecule has 0 saturated heterocycles. The zero-order valence-corrected chi connectivity index (χ0v) is 8.58. The largest absolute Gasteiger partial charge is 0.508 e. The molecule has 0 fully saturated rings. The lowest BCUT2D eigenvalue weighted by molar-refractivity contribution is 0.317. The van der Waals surface area contributed by atoms with Gasteiger partial charge in [0.15, 0.2) is 0 Å². The highest BCUT2D eigenvalue weighted by molar-refractivity contribution is 5.29. The van der Waals surface area contributed by atoms with Crippen molar-refractivity contribution < 1.29 is 9.84 Å². The van der Waals surface area contributed by atoms with Crippen LogP contribution in [0.5, 0.6) is 11.5 Å². The first-order chi connectivity index (χ1) is 6.33. The smallest absolute Gasteiger partial charge is 0.119 e. The molecule has 0 bridgehead atoms. The predicted molar refractivity (Wildman–Crippen MR) is 55.2 cm³/mol. The van der Waals surface area contributed by atoms with Gasteiger partial charge in [0.1, 0.15) is 11.5 Å². The van der Waals surface area contributed by atoms with Crippen LogP contribution in [0, 0.1) is 0 Å². The number of hydrogen-bond acceptors (Lipinski definition) is 2. The van der Waals surface area contributed by atoms with Crippen LogP contribution in [0.25, 0.3) is 0 Å². The molecule has 74 valence electrons. The molecular weight excluding hydrogens is 164 g/mol. The van der Waals surface area contributed by atoms with Crippen LogP contribution >= 0.6 is 0 Å². The molecule has 0 amide bonds. The van der Waals surface area contributed by atoms with Gasteiger partial charge in [0.25, 0.3) is 0 Å². The SMILES string of the molecule is CC.CCCOc1ccc(O)cc1. The molecule has 0 aliphatic heterocycles. The van der Waals surface area contributed by atoms with Crippen molar-refractivity contribution in [2.45, 2.75) is 27.2 Å². The van der Waals surface area contributed by atoms with E-state index in [0.717, 1.165) is 18.8 Å². The van der Waals surface area contributed by atoms with Crippen molar-refractivity contribution in [3.63, 3.8) is 0 Å². The van der Waals surface area contributed by atoms with Crippen molar-refractivity contribution in [2.24, 2.45) is 0 Å². The van der Waals surface area contributed by atoms with Gasteiger partial charge in [0.2, 0.25) is 0 Å². The molecule has 0 aromatic heterocycles. The van der Waals surface area contributed by atoms with Gasteiger partial charge < -0.3 is 9.84 Å². The van der Waals surface area contributed by atoms with Gasteiger partial charge in [-0.15, -0.1) is 0 Å². The maximum Gasteiger partial charge on any atom is 0.119 e. The van der Waals surface area contributed by atoms with Crippen LogP contribution in [0.3, 0.4) is 0 Å². The first-order valence-corrected chi connectivity index (χ1v) is 4.74. The Morgan fingerprint density at radius 2 is 1.69 bits per heavy atom. The molecule has 1 aromatic carbocycles. The zero-order chi connectivity index (χ0) is 10.1. The second-order valence-corrected chi connectivity index (χ2v) is 2.34. The van der Waals surface area contributed by atoms with Gasteiger partial charge in [-0.05, 0) is 30.7 Å². The molecule has 0 saturated carbocycles. The molecule has 1 rings (SSSR count). The van der Waals surface area contributed by atoms with Crippen LogP contribution < -0.4 is 4.74 Å². The van der Waals surface area contributed by atoms with E-state index in [9.17, 15) is 0 Å². The molecule has 0 heterocycles. The van der Waals surface area contributed by atoms with Crippen LogP contribution in [-0.4, -0.2) is 11.7 Å². The van der Waals surface area contributed by atoms with E-state index >= 15 is 0 Å². The number of aromatic hydroxyl groups is 1. The lowest BCUT2D eigenvalue weighted by atomic mass is 10.3. The van der Waals surface area contributed by atoms with E-state index in [4.69, 9.17) is 9.84 Å². The number of ether oxygens (including phenoxy) is 1. The summed E-state index contributed by atoms with van der Waals surface area (Å²) in [6, 6.07) is 6.74. The van der Waals surface area contributed by atoms with Gasteiger partial charge in [0.05, 0.1) is 6.61 Å². The van der Waals surface area contributed by atoms with Crippen molar-refractivity contribution >= 4 is 0 Å². The molecule has 0 unspecified atom stereocenters. The van der Waals surface area contributed by atoms with E-state index in [1.54, 1.807) is 24.3 Å². The maximum atomic E-state index is 8.93. The Kier molecular flexibility index (Phi) is 6.79. The van der Waals surface area contributed by atoms with Gasteiger partial charge in [-0.25, -0.2) is 0 Å². The Bertz CT molecular complexity index is 204. The monoisotopic (exact) mass is 182 g/mol. The standard InChI is InChI=1S/C9H12O2.C2H6/c1-2-7-11-9-5-3-8(10)4-6-9;1-2/h3-6,10H,2,7H2,1H3;1-2H3. The summed E-state index contributed by atoms with van der Waals surface area (Å²) in [7, 11) is 0. The van der Waals surface area contributed by atoms with E-state index < -0.39 is 0 Å². The lowest BCUT2D eigenvalue weighted by Gasteiger charge is -2.02. The van der Waals surface area contributed by atoms with E-state index in [0.29, 0.717) is 0 Å². The molecule has 0 aliphatic carbocycles. The number of phenols is 1. The number of hydrogen-bond donors (Lipinski definition) is 1. The third-order valence-corrected chi connectivity index (χ3v) is 1.31. The minimum absolute atomic E-state index is 0.272. The minimum atomic E-state index is 0.272. The molecule has 0 aliphatic rings. The van der Waals surface area contributed by atoms with Crippen LogP contribution in [-0.2, 0) is 0 Å². The van der Waals surface area contributed by atoms with Crippen molar-refractivity contribution in [2.75, 3.05) is 6.61 Å². The van der Waals surface area contributed by atoms with Crippen molar-refractivity contribution in [3.8, 4) is 11.5 Å². The summed E-state index contributed by atoms with van der Waals surface area (Å²) in [5.74, 6) is 1.08. The summed E-state index contributed by atoms with van der Waals surface area (Å²) >= 11 is 0. The van der Waals surface area contributed by atoms with Crippen LogP contribution in [0.1, 0.15) is 27.2 Å². The molecule has 2 heteroatoms. The van der Waals surface area contributed by atoms with Crippen LogP contribution in [0.15, 0.2) is 24.3 Å². The Morgan fingerprint density at radius 3 is 2.15 bits per heavy atom. The van der Waals surface area contributed by atoms with Gasteiger partial charge in [-0.3, -0.25) is 0 Å². The highest BCUT2D eigenvalue weighted by Gasteiger charge is 1.91. The van der Waals surface area contributed by atoms with Gasteiger partial charge in [-0.1, -0.05) is 20.8 Å². The topological polar surface area (TPSA) is 29.5 Å².